The molecule has 0 aromatic heterocycles. The van der Waals surface area contributed by atoms with Crippen LogP contribution >= 0.6 is 0 Å². The van der Waals surface area contributed by atoms with Gasteiger partial charge in [0.25, 0.3) is 0 Å². The van der Waals surface area contributed by atoms with Crippen LogP contribution in [-0.4, -0.2) is 24.4 Å². The van der Waals surface area contributed by atoms with E-state index in [9.17, 15) is 9.18 Å². The van der Waals surface area contributed by atoms with Crippen molar-refractivity contribution in [3.05, 3.63) is 35.9 Å². The molecule has 0 heterocycles. The summed E-state index contributed by atoms with van der Waals surface area (Å²) in [4.78, 5) is 11.5. The molecule has 88 valence electrons. The lowest BCUT2D eigenvalue weighted by Crippen LogP contribution is -2.35. The number of carbonyl (C=O) groups is 1. The van der Waals surface area contributed by atoms with Crippen LogP contribution in [0.3, 0.4) is 0 Å². The standard InChI is InChI=1S/C12H15FO3/c1-12(8-13,9-14)11(15)16-7-10-5-3-2-4-6-10/h2-6,14H,7-9H2,1H3. The molecule has 0 fully saturated rings. The number of ether oxygens (including phenoxy) is 1. The third-order valence-corrected chi connectivity index (χ3v) is 2.35. The minimum atomic E-state index is -1.45. The van der Waals surface area contributed by atoms with Crippen molar-refractivity contribution >= 4 is 5.97 Å². The molecule has 0 spiro atoms. The maximum atomic E-state index is 12.6. The third kappa shape index (κ3) is 3.03. The topological polar surface area (TPSA) is 46.5 Å². The minimum Gasteiger partial charge on any atom is -0.460 e. The van der Waals surface area contributed by atoms with Gasteiger partial charge in [-0.3, -0.25) is 4.79 Å². The van der Waals surface area contributed by atoms with Gasteiger partial charge in [0.15, 0.2) is 0 Å². The van der Waals surface area contributed by atoms with Gasteiger partial charge in [0.1, 0.15) is 18.7 Å². The Kier molecular flexibility index (Phi) is 4.43. The number of rotatable bonds is 5. The number of carbonyl (C=O) groups excluding carboxylic acids is 1. The SMILES string of the molecule is CC(CO)(CF)C(=O)OCc1ccccc1. The van der Waals surface area contributed by atoms with E-state index in [1.807, 2.05) is 18.2 Å². The van der Waals surface area contributed by atoms with Crippen molar-refractivity contribution in [2.75, 3.05) is 13.3 Å². The van der Waals surface area contributed by atoms with Gasteiger partial charge < -0.3 is 9.84 Å². The molecule has 1 rings (SSSR count). The molecule has 0 amide bonds. The van der Waals surface area contributed by atoms with E-state index >= 15 is 0 Å². The highest BCUT2D eigenvalue weighted by Gasteiger charge is 2.34. The Bertz CT molecular complexity index is 333. The van der Waals surface area contributed by atoms with Gasteiger partial charge in [0.05, 0.1) is 6.61 Å². The van der Waals surface area contributed by atoms with Crippen LogP contribution in [0.5, 0.6) is 0 Å². The number of alkyl halides is 1. The van der Waals surface area contributed by atoms with Gasteiger partial charge in [-0.25, -0.2) is 4.39 Å². The molecule has 3 nitrogen and oxygen atoms in total. The van der Waals surface area contributed by atoms with E-state index < -0.39 is 24.7 Å². The summed E-state index contributed by atoms with van der Waals surface area (Å²) < 4.78 is 17.5. The number of halogens is 1. The average Bonchev–Trinajstić information content (AvgIpc) is 2.36. The smallest absolute Gasteiger partial charge is 0.317 e. The molecule has 0 aliphatic heterocycles. The highest BCUT2D eigenvalue weighted by Crippen LogP contribution is 2.19. The van der Waals surface area contributed by atoms with Gasteiger partial charge >= 0.3 is 5.97 Å². The Balaban J connectivity index is 2.53. The second-order valence-corrected chi connectivity index (χ2v) is 3.91. The number of aliphatic hydroxyl groups excluding tert-OH is 1. The Morgan fingerprint density at radius 2 is 2.06 bits per heavy atom. The average molecular weight is 226 g/mol. The molecule has 0 radical (unpaired) electrons. The molecule has 1 atom stereocenters. The molecule has 0 bridgehead atoms. The van der Waals surface area contributed by atoms with E-state index in [1.165, 1.54) is 6.92 Å². The van der Waals surface area contributed by atoms with E-state index in [1.54, 1.807) is 12.1 Å². The molecule has 0 saturated heterocycles. The molecular weight excluding hydrogens is 211 g/mol. The number of esters is 1. The van der Waals surface area contributed by atoms with Gasteiger partial charge in [-0.1, -0.05) is 30.3 Å². The fourth-order valence-electron chi connectivity index (χ4n) is 1.06. The Labute approximate surface area is 93.9 Å². The first-order chi connectivity index (χ1) is 7.62. The predicted molar refractivity (Wildman–Crippen MR) is 57.4 cm³/mol. The van der Waals surface area contributed by atoms with Crippen molar-refractivity contribution in [1.29, 1.82) is 0 Å². The summed E-state index contributed by atoms with van der Waals surface area (Å²) in [6, 6.07) is 9.11. The van der Waals surface area contributed by atoms with Crippen LogP contribution in [-0.2, 0) is 16.1 Å². The zero-order valence-electron chi connectivity index (χ0n) is 9.15. The van der Waals surface area contributed by atoms with Gasteiger partial charge in [0, 0.05) is 0 Å². The summed E-state index contributed by atoms with van der Waals surface area (Å²) >= 11 is 0. The van der Waals surface area contributed by atoms with Crippen molar-refractivity contribution in [3.8, 4) is 0 Å². The first-order valence-electron chi connectivity index (χ1n) is 5.00. The zero-order valence-corrected chi connectivity index (χ0v) is 9.15. The molecule has 4 heteroatoms. The first kappa shape index (κ1) is 12.6. The van der Waals surface area contributed by atoms with Gasteiger partial charge in [-0.2, -0.15) is 0 Å². The molecule has 1 aromatic rings. The fourth-order valence-corrected chi connectivity index (χ4v) is 1.06. The van der Waals surface area contributed by atoms with Crippen LogP contribution in [0.15, 0.2) is 30.3 Å². The summed E-state index contributed by atoms with van der Waals surface area (Å²) in [7, 11) is 0. The van der Waals surface area contributed by atoms with Crippen molar-refractivity contribution in [2.24, 2.45) is 5.41 Å². The second-order valence-electron chi connectivity index (χ2n) is 3.91. The van der Waals surface area contributed by atoms with E-state index in [-0.39, 0.29) is 6.61 Å². The highest BCUT2D eigenvalue weighted by atomic mass is 19.1. The monoisotopic (exact) mass is 226 g/mol. The minimum absolute atomic E-state index is 0.0925. The molecular formula is C12H15FO3. The van der Waals surface area contributed by atoms with Gasteiger partial charge in [-0.05, 0) is 12.5 Å². The van der Waals surface area contributed by atoms with Crippen LogP contribution in [0, 0.1) is 5.41 Å². The van der Waals surface area contributed by atoms with E-state index in [0.717, 1.165) is 5.56 Å². The zero-order chi connectivity index (χ0) is 12.0. The molecule has 1 aromatic carbocycles. The highest BCUT2D eigenvalue weighted by molar-refractivity contribution is 5.76. The summed E-state index contributed by atoms with van der Waals surface area (Å²) in [6.45, 7) is -0.0656. The van der Waals surface area contributed by atoms with Crippen molar-refractivity contribution in [1.82, 2.24) is 0 Å². The Morgan fingerprint density at radius 3 is 2.56 bits per heavy atom. The molecule has 1 N–H and O–H groups in total. The van der Waals surface area contributed by atoms with Crippen LogP contribution in [0.4, 0.5) is 4.39 Å². The molecule has 0 saturated carbocycles. The Hall–Kier alpha value is -1.42. The molecule has 0 aliphatic rings. The normalized spacial score (nSPS) is 14.2. The van der Waals surface area contributed by atoms with Crippen LogP contribution < -0.4 is 0 Å². The number of hydrogen-bond acceptors (Lipinski definition) is 3. The Morgan fingerprint density at radius 1 is 1.44 bits per heavy atom. The number of aliphatic hydroxyl groups is 1. The van der Waals surface area contributed by atoms with Crippen LogP contribution in [0.2, 0.25) is 0 Å². The van der Waals surface area contributed by atoms with Crippen LogP contribution in [0.25, 0.3) is 0 Å². The predicted octanol–water partition coefficient (Wildman–Crippen LogP) is 1.70. The lowest BCUT2D eigenvalue weighted by Gasteiger charge is -2.21. The van der Waals surface area contributed by atoms with E-state index in [4.69, 9.17) is 9.84 Å². The van der Waals surface area contributed by atoms with E-state index in [2.05, 4.69) is 0 Å². The maximum absolute atomic E-state index is 12.6. The molecule has 1 unspecified atom stereocenters. The third-order valence-electron chi connectivity index (χ3n) is 2.35. The number of benzene rings is 1. The summed E-state index contributed by atoms with van der Waals surface area (Å²) in [5.41, 5.74) is -0.621. The fraction of sp³-hybridized carbons (Fsp3) is 0.417. The first-order valence-corrected chi connectivity index (χ1v) is 5.00. The second kappa shape index (κ2) is 5.61. The van der Waals surface area contributed by atoms with Crippen molar-refractivity contribution in [3.63, 3.8) is 0 Å². The van der Waals surface area contributed by atoms with Crippen molar-refractivity contribution in [2.45, 2.75) is 13.5 Å². The van der Waals surface area contributed by atoms with Crippen molar-refractivity contribution < 1.29 is 19.0 Å². The van der Waals surface area contributed by atoms with E-state index in [0.29, 0.717) is 0 Å². The lowest BCUT2D eigenvalue weighted by atomic mass is 9.94. The quantitative estimate of drug-likeness (QED) is 0.777. The van der Waals surface area contributed by atoms with Gasteiger partial charge in [0.2, 0.25) is 0 Å². The van der Waals surface area contributed by atoms with Gasteiger partial charge in [-0.15, -0.1) is 0 Å². The molecule has 0 aliphatic carbocycles. The maximum Gasteiger partial charge on any atom is 0.317 e. The van der Waals surface area contributed by atoms with Crippen LogP contribution in [0.1, 0.15) is 12.5 Å². The largest absolute Gasteiger partial charge is 0.460 e. The summed E-state index contributed by atoms with van der Waals surface area (Å²) in [6.07, 6.45) is 0. The summed E-state index contributed by atoms with van der Waals surface area (Å²) in [5.74, 6) is -0.721. The summed E-state index contributed by atoms with van der Waals surface area (Å²) in [5, 5.41) is 8.91. The number of hydrogen-bond donors (Lipinski definition) is 1. The lowest BCUT2D eigenvalue weighted by molar-refractivity contribution is -0.159. The molecule has 16 heavy (non-hydrogen) atoms.